The van der Waals surface area contributed by atoms with Gasteiger partial charge >= 0.3 is 0 Å². The molecule has 0 heterocycles. The van der Waals surface area contributed by atoms with Gasteiger partial charge in [0.15, 0.2) is 0 Å². The minimum atomic E-state index is 0.0659. The Labute approximate surface area is 90.0 Å². The Kier molecular flexibility index (Phi) is 4.94. The van der Waals surface area contributed by atoms with Crippen molar-refractivity contribution in [2.75, 3.05) is 13.2 Å². The van der Waals surface area contributed by atoms with Crippen molar-refractivity contribution in [3.63, 3.8) is 0 Å². The van der Waals surface area contributed by atoms with Crippen LogP contribution in [0, 0.1) is 0 Å². The van der Waals surface area contributed by atoms with Gasteiger partial charge < -0.3 is 10.5 Å². The number of rotatable bonds is 5. The second kappa shape index (κ2) is 6.02. The first kappa shape index (κ1) is 11.5. The molecule has 0 amide bonds. The Morgan fingerprint density at radius 2 is 2.00 bits per heavy atom. The van der Waals surface area contributed by atoms with Gasteiger partial charge in [0.05, 0.1) is 6.61 Å². The minimum absolute atomic E-state index is 0.0659. The number of hydrogen-bond acceptors (Lipinski definition) is 2. The summed E-state index contributed by atoms with van der Waals surface area (Å²) in [6.45, 7) is 3.29. The van der Waals surface area contributed by atoms with Crippen LogP contribution in [-0.4, -0.2) is 19.3 Å². The van der Waals surface area contributed by atoms with Gasteiger partial charge in [-0.2, -0.15) is 0 Å². The lowest BCUT2D eigenvalue weighted by molar-refractivity contribution is 0.133. The molecule has 1 aromatic rings. The molecule has 0 aromatic heterocycles. The highest BCUT2D eigenvalue weighted by molar-refractivity contribution is 6.30. The van der Waals surface area contributed by atoms with Gasteiger partial charge in [-0.1, -0.05) is 23.7 Å². The van der Waals surface area contributed by atoms with Gasteiger partial charge in [-0.25, -0.2) is 0 Å². The molecule has 14 heavy (non-hydrogen) atoms. The topological polar surface area (TPSA) is 35.2 Å². The zero-order chi connectivity index (χ0) is 10.4. The first-order valence-electron chi connectivity index (χ1n) is 4.80. The van der Waals surface area contributed by atoms with E-state index in [1.807, 2.05) is 31.2 Å². The summed E-state index contributed by atoms with van der Waals surface area (Å²) in [4.78, 5) is 0. The van der Waals surface area contributed by atoms with Crippen molar-refractivity contribution in [1.29, 1.82) is 0 Å². The van der Waals surface area contributed by atoms with E-state index in [0.29, 0.717) is 13.2 Å². The second-order valence-electron chi connectivity index (χ2n) is 3.25. The fraction of sp³-hybridized carbons (Fsp3) is 0.455. The molecular formula is C11H16ClNO. The molecule has 1 rings (SSSR count). The summed E-state index contributed by atoms with van der Waals surface area (Å²) in [5.41, 5.74) is 7.07. The minimum Gasteiger partial charge on any atom is -0.380 e. The van der Waals surface area contributed by atoms with Crippen molar-refractivity contribution in [2.45, 2.75) is 19.4 Å². The van der Waals surface area contributed by atoms with E-state index in [-0.39, 0.29) is 6.04 Å². The highest BCUT2D eigenvalue weighted by Gasteiger charge is 2.03. The average Bonchev–Trinajstić information content (AvgIpc) is 2.18. The SMILES string of the molecule is CCOCC(N)Cc1ccc(Cl)cc1. The summed E-state index contributed by atoms with van der Waals surface area (Å²) in [5.74, 6) is 0. The molecule has 1 unspecified atom stereocenters. The number of benzene rings is 1. The molecule has 1 atom stereocenters. The Morgan fingerprint density at radius 3 is 2.57 bits per heavy atom. The molecule has 0 saturated carbocycles. The molecule has 2 nitrogen and oxygen atoms in total. The first-order chi connectivity index (χ1) is 6.72. The third-order valence-electron chi connectivity index (χ3n) is 1.95. The summed E-state index contributed by atoms with van der Waals surface area (Å²) in [6, 6.07) is 7.81. The van der Waals surface area contributed by atoms with Crippen molar-refractivity contribution in [1.82, 2.24) is 0 Å². The first-order valence-corrected chi connectivity index (χ1v) is 5.18. The molecule has 0 bridgehead atoms. The largest absolute Gasteiger partial charge is 0.380 e. The van der Waals surface area contributed by atoms with E-state index in [2.05, 4.69) is 0 Å². The van der Waals surface area contributed by atoms with Crippen molar-refractivity contribution in [2.24, 2.45) is 5.73 Å². The molecule has 0 aliphatic heterocycles. The lowest BCUT2D eigenvalue weighted by Crippen LogP contribution is -2.28. The Balaban J connectivity index is 2.39. The Bertz CT molecular complexity index is 260. The van der Waals surface area contributed by atoms with E-state index >= 15 is 0 Å². The summed E-state index contributed by atoms with van der Waals surface area (Å²) >= 11 is 5.78. The van der Waals surface area contributed by atoms with Crippen molar-refractivity contribution in [3.05, 3.63) is 34.9 Å². The molecular weight excluding hydrogens is 198 g/mol. The highest BCUT2D eigenvalue weighted by Crippen LogP contribution is 2.10. The maximum atomic E-state index is 5.87. The normalized spacial score (nSPS) is 12.8. The van der Waals surface area contributed by atoms with Gasteiger partial charge in [0.1, 0.15) is 0 Å². The van der Waals surface area contributed by atoms with Crippen molar-refractivity contribution in [3.8, 4) is 0 Å². The maximum absolute atomic E-state index is 5.87. The van der Waals surface area contributed by atoms with E-state index in [0.717, 1.165) is 11.4 Å². The van der Waals surface area contributed by atoms with E-state index in [4.69, 9.17) is 22.1 Å². The predicted molar refractivity (Wildman–Crippen MR) is 59.6 cm³/mol. The average molecular weight is 214 g/mol. The maximum Gasteiger partial charge on any atom is 0.0620 e. The second-order valence-corrected chi connectivity index (χ2v) is 3.69. The van der Waals surface area contributed by atoms with Crippen LogP contribution in [0.5, 0.6) is 0 Å². The molecule has 3 heteroatoms. The summed E-state index contributed by atoms with van der Waals surface area (Å²) < 4.78 is 5.24. The third kappa shape index (κ3) is 4.09. The number of halogens is 1. The lowest BCUT2D eigenvalue weighted by Gasteiger charge is -2.11. The van der Waals surface area contributed by atoms with E-state index in [9.17, 15) is 0 Å². The van der Waals surface area contributed by atoms with Gasteiger partial charge in [-0.3, -0.25) is 0 Å². The van der Waals surface area contributed by atoms with Gasteiger partial charge in [0.2, 0.25) is 0 Å². The molecule has 0 aliphatic rings. The summed E-state index contributed by atoms with van der Waals surface area (Å²) in [7, 11) is 0. The lowest BCUT2D eigenvalue weighted by atomic mass is 10.1. The predicted octanol–water partition coefficient (Wildman–Crippen LogP) is 2.25. The molecule has 0 aliphatic carbocycles. The van der Waals surface area contributed by atoms with Gasteiger partial charge in [-0.15, -0.1) is 0 Å². The molecule has 0 spiro atoms. The summed E-state index contributed by atoms with van der Waals surface area (Å²) in [5, 5.41) is 0.757. The van der Waals surface area contributed by atoms with Gasteiger partial charge in [-0.05, 0) is 31.0 Å². The number of hydrogen-bond donors (Lipinski definition) is 1. The quantitative estimate of drug-likeness (QED) is 0.815. The van der Waals surface area contributed by atoms with Crippen LogP contribution in [0.4, 0.5) is 0 Å². The third-order valence-corrected chi connectivity index (χ3v) is 2.20. The van der Waals surface area contributed by atoms with E-state index in [1.165, 1.54) is 5.56 Å². The Hall–Kier alpha value is -0.570. The molecule has 1 aromatic carbocycles. The standard InChI is InChI=1S/C11H16ClNO/c1-2-14-8-11(13)7-9-3-5-10(12)6-4-9/h3-6,11H,2,7-8,13H2,1H3. The zero-order valence-electron chi connectivity index (χ0n) is 8.37. The molecule has 0 saturated heterocycles. The van der Waals surface area contributed by atoms with Crippen LogP contribution in [-0.2, 0) is 11.2 Å². The van der Waals surface area contributed by atoms with Gasteiger partial charge in [0.25, 0.3) is 0 Å². The van der Waals surface area contributed by atoms with Crippen LogP contribution in [0.25, 0.3) is 0 Å². The van der Waals surface area contributed by atoms with E-state index in [1.54, 1.807) is 0 Å². The van der Waals surface area contributed by atoms with Crippen LogP contribution < -0.4 is 5.73 Å². The van der Waals surface area contributed by atoms with Crippen molar-refractivity contribution < 1.29 is 4.74 Å². The fourth-order valence-corrected chi connectivity index (χ4v) is 1.38. The molecule has 0 radical (unpaired) electrons. The fourth-order valence-electron chi connectivity index (χ4n) is 1.25. The molecule has 2 N–H and O–H groups in total. The monoisotopic (exact) mass is 213 g/mol. The van der Waals surface area contributed by atoms with Crippen LogP contribution in [0.3, 0.4) is 0 Å². The van der Waals surface area contributed by atoms with E-state index < -0.39 is 0 Å². The smallest absolute Gasteiger partial charge is 0.0620 e. The van der Waals surface area contributed by atoms with Crippen LogP contribution in [0.15, 0.2) is 24.3 Å². The summed E-state index contributed by atoms with van der Waals surface area (Å²) in [6.07, 6.45) is 0.831. The molecule has 78 valence electrons. The van der Waals surface area contributed by atoms with Crippen LogP contribution >= 0.6 is 11.6 Å². The highest BCUT2D eigenvalue weighted by atomic mass is 35.5. The molecule has 0 fully saturated rings. The number of ether oxygens (including phenoxy) is 1. The van der Waals surface area contributed by atoms with Crippen LogP contribution in [0.1, 0.15) is 12.5 Å². The van der Waals surface area contributed by atoms with Gasteiger partial charge in [0, 0.05) is 17.7 Å². The van der Waals surface area contributed by atoms with Crippen LogP contribution in [0.2, 0.25) is 5.02 Å². The number of nitrogens with two attached hydrogens (primary N) is 1. The van der Waals surface area contributed by atoms with Crippen molar-refractivity contribution >= 4 is 11.6 Å². The Morgan fingerprint density at radius 1 is 1.36 bits per heavy atom. The zero-order valence-corrected chi connectivity index (χ0v) is 9.13.